The molecule has 0 aliphatic carbocycles. The van der Waals surface area contributed by atoms with Crippen molar-refractivity contribution in [1.82, 2.24) is 4.90 Å². The third-order valence-electron chi connectivity index (χ3n) is 3.55. The van der Waals surface area contributed by atoms with E-state index in [4.69, 9.17) is 0 Å². The zero-order chi connectivity index (χ0) is 14.0. The predicted molar refractivity (Wildman–Crippen MR) is 69.1 cm³/mol. The average Bonchev–Trinajstić information content (AvgIpc) is 2.41. The zero-order valence-electron chi connectivity index (χ0n) is 10.8. The lowest BCUT2D eigenvalue weighted by Gasteiger charge is -2.31. The summed E-state index contributed by atoms with van der Waals surface area (Å²) in [6.45, 7) is 2.66. The highest BCUT2D eigenvalue weighted by molar-refractivity contribution is 5.98. The molecule has 1 heterocycles. The molecule has 5 heteroatoms. The van der Waals surface area contributed by atoms with Crippen LogP contribution in [0.1, 0.15) is 30.1 Å². The molecular weight excluding hydrogens is 246 g/mol. The van der Waals surface area contributed by atoms with Gasteiger partial charge in [0.25, 0.3) is 5.91 Å². The van der Waals surface area contributed by atoms with Gasteiger partial charge in [-0.1, -0.05) is 13.0 Å². The number of phenolic OH excluding ortho intramolecular Hbond substituents is 2. The number of amides is 1. The Morgan fingerprint density at radius 2 is 2.16 bits per heavy atom. The van der Waals surface area contributed by atoms with E-state index in [9.17, 15) is 19.8 Å². The Hall–Kier alpha value is -2.04. The van der Waals surface area contributed by atoms with Crippen LogP contribution in [0.4, 0.5) is 0 Å². The van der Waals surface area contributed by atoms with Gasteiger partial charge < -0.3 is 15.1 Å². The van der Waals surface area contributed by atoms with Crippen molar-refractivity contribution in [3.63, 3.8) is 0 Å². The highest BCUT2D eigenvalue weighted by atomic mass is 16.3. The van der Waals surface area contributed by atoms with Gasteiger partial charge in [0.05, 0.1) is 5.56 Å². The van der Waals surface area contributed by atoms with Gasteiger partial charge >= 0.3 is 0 Å². The Bertz CT molecular complexity index is 512. The molecule has 2 rings (SSSR count). The Kier molecular flexibility index (Phi) is 3.74. The maximum Gasteiger partial charge on any atom is 0.257 e. The lowest BCUT2D eigenvalue weighted by Crippen LogP contribution is -2.43. The highest BCUT2D eigenvalue weighted by Crippen LogP contribution is 2.30. The zero-order valence-corrected chi connectivity index (χ0v) is 10.8. The summed E-state index contributed by atoms with van der Waals surface area (Å²) in [5.41, 5.74) is 0.0733. The molecule has 0 aromatic heterocycles. The molecule has 0 saturated carbocycles. The Morgan fingerprint density at radius 3 is 2.84 bits per heavy atom. The first-order chi connectivity index (χ1) is 9.04. The van der Waals surface area contributed by atoms with Gasteiger partial charge in [0.2, 0.25) is 0 Å². The number of likely N-dealkylation sites (tertiary alicyclic amines) is 1. The summed E-state index contributed by atoms with van der Waals surface area (Å²) in [6, 6.07) is 4.30. The molecule has 5 nitrogen and oxygen atoms in total. The van der Waals surface area contributed by atoms with Crippen molar-refractivity contribution in [2.24, 2.45) is 5.92 Å². The quantitative estimate of drug-likeness (QED) is 0.793. The first-order valence-corrected chi connectivity index (χ1v) is 6.37. The Morgan fingerprint density at radius 1 is 1.42 bits per heavy atom. The molecule has 1 aromatic rings. The standard InChI is InChI=1S/C14H17NO4/c1-2-9-8-15(7-6-11(9)16)14(19)10-4-3-5-12(17)13(10)18/h3-5,9,17-18H,2,6-8H2,1H3. The van der Waals surface area contributed by atoms with E-state index >= 15 is 0 Å². The fraction of sp³-hybridized carbons (Fsp3) is 0.429. The molecule has 0 bridgehead atoms. The molecule has 2 N–H and O–H groups in total. The second kappa shape index (κ2) is 5.30. The van der Waals surface area contributed by atoms with E-state index in [1.807, 2.05) is 6.92 Å². The van der Waals surface area contributed by atoms with Crippen LogP contribution in [0.2, 0.25) is 0 Å². The first kappa shape index (κ1) is 13.4. The molecule has 1 saturated heterocycles. The second-order valence-electron chi connectivity index (χ2n) is 4.75. The van der Waals surface area contributed by atoms with Crippen LogP contribution in [0, 0.1) is 5.92 Å². The molecule has 19 heavy (non-hydrogen) atoms. The number of piperidine rings is 1. The number of Topliss-reactive ketones (excluding diaryl/α,β-unsaturated/α-hetero) is 1. The maximum absolute atomic E-state index is 12.3. The van der Waals surface area contributed by atoms with Crippen molar-refractivity contribution in [2.75, 3.05) is 13.1 Å². The number of benzene rings is 1. The monoisotopic (exact) mass is 263 g/mol. The normalized spacial score (nSPS) is 19.5. The average molecular weight is 263 g/mol. The molecule has 1 aliphatic heterocycles. The molecule has 1 unspecified atom stereocenters. The lowest BCUT2D eigenvalue weighted by molar-refractivity contribution is -0.125. The van der Waals surface area contributed by atoms with E-state index in [1.165, 1.54) is 18.2 Å². The third-order valence-corrected chi connectivity index (χ3v) is 3.55. The van der Waals surface area contributed by atoms with E-state index in [-0.39, 0.29) is 28.9 Å². The van der Waals surface area contributed by atoms with Crippen molar-refractivity contribution >= 4 is 11.7 Å². The van der Waals surface area contributed by atoms with E-state index in [1.54, 1.807) is 4.90 Å². The lowest BCUT2D eigenvalue weighted by atomic mass is 9.93. The number of nitrogens with zero attached hydrogens (tertiary/aromatic N) is 1. The van der Waals surface area contributed by atoms with E-state index in [2.05, 4.69) is 0 Å². The van der Waals surface area contributed by atoms with Crippen LogP contribution in [-0.4, -0.2) is 39.9 Å². The summed E-state index contributed by atoms with van der Waals surface area (Å²) in [7, 11) is 0. The molecule has 1 amide bonds. The van der Waals surface area contributed by atoms with Gasteiger partial charge in [0.15, 0.2) is 11.5 Å². The summed E-state index contributed by atoms with van der Waals surface area (Å²) in [6.07, 6.45) is 1.05. The summed E-state index contributed by atoms with van der Waals surface area (Å²) < 4.78 is 0. The van der Waals surface area contributed by atoms with Crippen LogP contribution >= 0.6 is 0 Å². The summed E-state index contributed by atoms with van der Waals surface area (Å²) in [5.74, 6) is -1.01. The molecule has 102 valence electrons. The van der Waals surface area contributed by atoms with Crippen molar-refractivity contribution in [3.8, 4) is 11.5 Å². The van der Waals surface area contributed by atoms with Crippen LogP contribution < -0.4 is 0 Å². The van der Waals surface area contributed by atoms with E-state index in [0.717, 1.165) is 0 Å². The topological polar surface area (TPSA) is 77.8 Å². The summed E-state index contributed by atoms with van der Waals surface area (Å²) in [4.78, 5) is 25.5. The smallest absolute Gasteiger partial charge is 0.257 e. The number of carbonyl (C=O) groups excluding carboxylic acids is 2. The number of carbonyl (C=O) groups is 2. The minimum atomic E-state index is -0.405. The third kappa shape index (κ3) is 2.54. The first-order valence-electron chi connectivity index (χ1n) is 6.37. The number of aromatic hydroxyl groups is 2. The van der Waals surface area contributed by atoms with E-state index in [0.29, 0.717) is 25.9 Å². The number of phenols is 2. The SMILES string of the molecule is CCC1CN(C(=O)c2cccc(O)c2O)CCC1=O. The second-order valence-corrected chi connectivity index (χ2v) is 4.75. The number of ketones is 1. The van der Waals surface area contributed by atoms with Gasteiger partial charge in [0.1, 0.15) is 5.78 Å². The molecular formula is C14H17NO4. The van der Waals surface area contributed by atoms with Gasteiger partial charge in [-0.3, -0.25) is 9.59 Å². The minimum Gasteiger partial charge on any atom is -0.504 e. The van der Waals surface area contributed by atoms with Gasteiger partial charge in [-0.2, -0.15) is 0 Å². The number of hydrogen-bond acceptors (Lipinski definition) is 4. The molecule has 1 aliphatic rings. The molecule has 0 spiro atoms. The summed E-state index contributed by atoms with van der Waals surface area (Å²) in [5, 5.41) is 19.1. The number of para-hydroxylation sites is 1. The minimum absolute atomic E-state index is 0.0733. The summed E-state index contributed by atoms with van der Waals surface area (Å²) >= 11 is 0. The molecule has 0 radical (unpaired) electrons. The van der Waals surface area contributed by atoms with Crippen LogP contribution in [0.15, 0.2) is 18.2 Å². The Balaban J connectivity index is 2.20. The van der Waals surface area contributed by atoms with Gasteiger partial charge in [-0.05, 0) is 18.6 Å². The van der Waals surface area contributed by atoms with Crippen LogP contribution in [-0.2, 0) is 4.79 Å². The van der Waals surface area contributed by atoms with Crippen molar-refractivity contribution < 1.29 is 19.8 Å². The number of rotatable bonds is 2. The number of hydrogen-bond donors (Lipinski definition) is 2. The fourth-order valence-electron chi connectivity index (χ4n) is 2.32. The maximum atomic E-state index is 12.3. The van der Waals surface area contributed by atoms with Gasteiger partial charge in [-0.25, -0.2) is 0 Å². The highest BCUT2D eigenvalue weighted by Gasteiger charge is 2.30. The molecule has 1 fully saturated rings. The predicted octanol–water partition coefficient (Wildman–Crippen LogP) is 1.54. The molecule has 1 atom stereocenters. The van der Waals surface area contributed by atoms with Crippen LogP contribution in [0.3, 0.4) is 0 Å². The van der Waals surface area contributed by atoms with Crippen LogP contribution in [0.5, 0.6) is 11.5 Å². The largest absolute Gasteiger partial charge is 0.504 e. The fourth-order valence-corrected chi connectivity index (χ4v) is 2.32. The van der Waals surface area contributed by atoms with Crippen LogP contribution in [0.25, 0.3) is 0 Å². The van der Waals surface area contributed by atoms with E-state index < -0.39 is 5.75 Å². The molecule has 1 aromatic carbocycles. The van der Waals surface area contributed by atoms with Crippen molar-refractivity contribution in [1.29, 1.82) is 0 Å². The Labute approximate surface area is 111 Å². The van der Waals surface area contributed by atoms with Gasteiger partial charge in [0, 0.05) is 25.4 Å². The van der Waals surface area contributed by atoms with Crippen molar-refractivity contribution in [2.45, 2.75) is 19.8 Å². The van der Waals surface area contributed by atoms with Crippen molar-refractivity contribution in [3.05, 3.63) is 23.8 Å². The van der Waals surface area contributed by atoms with Gasteiger partial charge in [-0.15, -0.1) is 0 Å².